The smallest absolute Gasteiger partial charge is 0.310 e. The number of esters is 2. The number of unbranched alkanes of at least 4 members (excludes halogenated alkanes) is 3. The number of hydrogen-bond donors (Lipinski definition) is 1. The van der Waals surface area contributed by atoms with Gasteiger partial charge in [0.2, 0.25) is 0 Å². The highest BCUT2D eigenvalue weighted by atomic mass is 16.7. The van der Waals surface area contributed by atoms with Crippen LogP contribution in [0.25, 0.3) is 0 Å². The lowest BCUT2D eigenvalue weighted by Gasteiger charge is -2.22. The summed E-state index contributed by atoms with van der Waals surface area (Å²) in [5.41, 5.74) is 0.132. The van der Waals surface area contributed by atoms with Gasteiger partial charge in [-0.25, -0.2) is 0 Å². The summed E-state index contributed by atoms with van der Waals surface area (Å²) in [7, 11) is 0. The van der Waals surface area contributed by atoms with Crippen LogP contribution >= 0.6 is 0 Å². The normalized spacial score (nSPS) is 14.3. The summed E-state index contributed by atoms with van der Waals surface area (Å²) < 4.78 is 15.2. The summed E-state index contributed by atoms with van der Waals surface area (Å²) in [5.74, 6) is -0.597. The molecule has 7 heteroatoms. The Balaban J connectivity index is 1.95. The Labute approximate surface area is 150 Å². The van der Waals surface area contributed by atoms with Gasteiger partial charge >= 0.3 is 11.9 Å². The fourth-order valence-electron chi connectivity index (χ4n) is 2.62. The van der Waals surface area contributed by atoms with Gasteiger partial charge in [-0.05, 0) is 44.4 Å². The molecule has 146 valence electrons. The first-order chi connectivity index (χ1) is 11.7. The topological polar surface area (TPSA) is 86.5 Å². The van der Waals surface area contributed by atoms with E-state index in [1.165, 1.54) is 4.85 Å². The molecular formula is C18H34N2O5. The van der Waals surface area contributed by atoms with Crippen molar-refractivity contribution >= 4 is 11.9 Å². The Morgan fingerprint density at radius 1 is 0.960 bits per heavy atom. The molecule has 25 heavy (non-hydrogen) atoms. The van der Waals surface area contributed by atoms with Crippen LogP contribution in [0, 0.1) is 17.3 Å². The van der Waals surface area contributed by atoms with Crippen molar-refractivity contribution in [2.75, 3.05) is 13.2 Å². The molecule has 0 aliphatic rings. The van der Waals surface area contributed by atoms with Crippen LogP contribution in [-0.2, 0) is 25.6 Å². The minimum Gasteiger partial charge on any atom is -0.465 e. The lowest BCUT2D eigenvalue weighted by Crippen LogP contribution is -2.21. The molecule has 0 saturated carbocycles. The minimum atomic E-state index is -0.218. The zero-order valence-electron chi connectivity index (χ0n) is 16.3. The van der Waals surface area contributed by atoms with Crippen LogP contribution in [0.3, 0.4) is 0 Å². The quantitative estimate of drug-likeness (QED) is 0.454. The highest BCUT2D eigenvalue weighted by molar-refractivity contribution is 5.72. The average Bonchev–Trinajstić information content (AvgIpc) is 3.31. The van der Waals surface area contributed by atoms with Crippen LogP contribution in [0.4, 0.5) is 0 Å². The molecule has 0 amide bonds. The van der Waals surface area contributed by atoms with E-state index in [-0.39, 0.29) is 29.2 Å². The van der Waals surface area contributed by atoms with Gasteiger partial charge in [0.05, 0.1) is 31.6 Å². The molecule has 1 aromatic rings. The predicted molar refractivity (Wildman–Crippen MR) is 93.8 cm³/mol. The highest BCUT2D eigenvalue weighted by Crippen LogP contribution is 2.24. The summed E-state index contributed by atoms with van der Waals surface area (Å²) >= 11 is 0. The fourth-order valence-corrected chi connectivity index (χ4v) is 2.62. The largest absolute Gasteiger partial charge is 0.465 e. The van der Waals surface area contributed by atoms with Gasteiger partial charge in [0, 0.05) is 0 Å². The van der Waals surface area contributed by atoms with Gasteiger partial charge in [-0.1, -0.05) is 32.5 Å². The fraction of sp³-hybridized carbons (Fsp3) is 0.889. The summed E-state index contributed by atoms with van der Waals surface area (Å²) in [6.07, 6.45) is 4.41. The number of aromatic amines is 1. The Bertz CT molecular complexity index is 486. The first-order valence-electron chi connectivity index (χ1n) is 9.22. The van der Waals surface area contributed by atoms with Gasteiger partial charge in [-0.15, -0.1) is 5.27 Å². The first kappa shape index (κ1) is 21.4. The van der Waals surface area contributed by atoms with E-state index in [1.54, 1.807) is 6.92 Å². The third-order valence-electron chi connectivity index (χ3n) is 3.91. The summed E-state index contributed by atoms with van der Waals surface area (Å²) in [4.78, 5) is 25.1. The minimum absolute atomic E-state index is 0.0611. The van der Waals surface area contributed by atoms with Crippen molar-refractivity contribution in [2.24, 2.45) is 17.3 Å². The van der Waals surface area contributed by atoms with Gasteiger partial charge < -0.3 is 9.47 Å². The second-order valence-electron chi connectivity index (χ2n) is 8.06. The third-order valence-corrected chi connectivity index (χ3v) is 3.91. The molecule has 1 aromatic heterocycles. The molecule has 1 heterocycles. The van der Waals surface area contributed by atoms with Gasteiger partial charge in [0.15, 0.2) is 0 Å². The third kappa shape index (κ3) is 10.7. The lowest BCUT2D eigenvalue weighted by molar-refractivity contribution is -0.150. The number of carbonyl (C=O) groups is 2. The molecular weight excluding hydrogens is 324 g/mol. The van der Waals surface area contributed by atoms with Crippen molar-refractivity contribution in [1.82, 2.24) is 10.1 Å². The van der Waals surface area contributed by atoms with Crippen molar-refractivity contribution in [3.8, 4) is 0 Å². The SMILES string of the molecule is CC(Cn1[nH]o1)C(=O)OCCCCCCOC(=O)C(C)CC(C)(C)C. The summed E-state index contributed by atoms with van der Waals surface area (Å²) in [6, 6.07) is 0. The second-order valence-corrected chi connectivity index (χ2v) is 8.06. The number of carbonyl (C=O) groups excluding carboxylic acids is 2. The van der Waals surface area contributed by atoms with Crippen LogP contribution < -0.4 is 0 Å². The van der Waals surface area contributed by atoms with E-state index in [0.29, 0.717) is 19.8 Å². The molecule has 0 aromatic carbocycles. The molecule has 1 rings (SSSR count). The molecule has 2 atom stereocenters. The van der Waals surface area contributed by atoms with Crippen LogP contribution in [0.1, 0.15) is 66.7 Å². The molecule has 0 saturated heterocycles. The predicted octanol–water partition coefficient (Wildman–Crippen LogP) is 3.76. The van der Waals surface area contributed by atoms with Crippen molar-refractivity contribution < 1.29 is 23.7 Å². The molecule has 0 bridgehead atoms. The Hall–Kier alpha value is -1.66. The maximum absolute atomic E-state index is 11.9. The van der Waals surface area contributed by atoms with Gasteiger partial charge in [0.25, 0.3) is 0 Å². The van der Waals surface area contributed by atoms with Gasteiger partial charge in [0.1, 0.15) is 0 Å². The summed E-state index contributed by atoms with van der Waals surface area (Å²) in [5, 5.41) is 2.53. The van der Waals surface area contributed by atoms with E-state index in [9.17, 15) is 9.59 Å². The van der Waals surface area contributed by atoms with Crippen LogP contribution in [0.5, 0.6) is 0 Å². The van der Waals surface area contributed by atoms with E-state index in [1.807, 2.05) is 6.92 Å². The van der Waals surface area contributed by atoms with E-state index in [0.717, 1.165) is 32.1 Å². The van der Waals surface area contributed by atoms with E-state index < -0.39 is 0 Å². The number of rotatable bonds is 12. The molecule has 0 fully saturated rings. The number of aromatic nitrogens is 2. The molecule has 7 nitrogen and oxygen atoms in total. The van der Waals surface area contributed by atoms with Crippen molar-refractivity contribution in [1.29, 1.82) is 0 Å². The van der Waals surface area contributed by atoms with Gasteiger partial charge in [-0.3, -0.25) is 14.2 Å². The highest BCUT2D eigenvalue weighted by Gasteiger charge is 2.21. The number of nitrogens with one attached hydrogen (secondary N) is 1. The van der Waals surface area contributed by atoms with Crippen molar-refractivity contribution in [2.45, 2.75) is 73.3 Å². The molecule has 0 aliphatic heterocycles. The number of H-pyrrole nitrogens is 1. The molecule has 0 radical (unpaired) electrons. The van der Waals surface area contributed by atoms with Crippen LogP contribution in [-0.4, -0.2) is 35.3 Å². The van der Waals surface area contributed by atoms with E-state index >= 15 is 0 Å². The number of hydrogen-bond acceptors (Lipinski definition) is 5. The second kappa shape index (κ2) is 10.4. The number of nitrogens with zero attached hydrogens (tertiary/aromatic N) is 1. The summed E-state index contributed by atoms with van der Waals surface area (Å²) in [6.45, 7) is 11.5. The van der Waals surface area contributed by atoms with E-state index in [2.05, 4.69) is 26.0 Å². The Kier molecular flexibility index (Phi) is 8.86. The van der Waals surface area contributed by atoms with Crippen molar-refractivity contribution in [3.63, 3.8) is 0 Å². The number of ether oxygens (including phenoxy) is 2. The maximum Gasteiger partial charge on any atom is 0.310 e. The zero-order chi connectivity index (χ0) is 18.9. The van der Waals surface area contributed by atoms with Crippen LogP contribution in [0.2, 0.25) is 0 Å². The molecule has 0 spiro atoms. The van der Waals surface area contributed by atoms with Crippen LogP contribution in [0.15, 0.2) is 4.63 Å². The Morgan fingerprint density at radius 2 is 1.44 bits per heavy atom. The van der Waals surface area contributed by atoms with E-state index in [4.69, 9.17) is 14.1 Å². The molecule has 0 aliphatic carbocycles. The zero-order valence-corrected chi connectivity index (χ0v) is 16.3. The maximum atomic E-state index is 11.9. The standard InChI is InChI=1S/C18H34N2O5/c1-14(12-18(3,4)5)16(21)23-10-8-6-7-9-11-24-17(22)15(2)13-20-19-25-20/h14-15,19H,6-13H2,1-5H3. The Morgan fingerprint density at radius 3 is 1.88 bits per heavy atom. The first-order valence-corrected chi connectivity index (χ1v) is 9.22. The average molecular weight is 358 g/mol. The van der Waals surface area contributed by atoms with Crippen molar-refractivity contribution in [3.05, 3.63) is 0 Å². The lowest BCUT2D eigenvalue weighted by atomic mass is 9.85. The molecule has 2 unspecified atom stereocenters. The molecule has 1 N–H and O–H groups in total. The monoisotopic (exact) mass is 358 g/mol. The van der Waals surface area contributed by atoms with Gasteiger partial charge in [-0.2, -0.15) is 0 Å².